The Morgan fingerprint density at radius 2 is 2.31 bits per heavy atom. The Morgan fingerprint density at radius 1 is 1.50 bits per heavy atom. The standard InChI is InChI=1S/C11H7O5/c12-10(13)6-15-8-3-1-7-2-4-11(14)16-9(7)5-8/h1,3-5H,6H2,(H,12,13). The molecule has 0 saturated carbocycles. The summed E-state index contributed by atoms with van der Waals surface area (Å²) >= 11 is 0. The zero-order valence-electron chi connectivity index (χ0n) is 8.10. The molecule has 1 aromatic carbocycles. The van der Waals surface area contributed by atoms with Gasteiger partial charge in [-0.15, -0.1) is 0 Å². The zero-order chi connectivity index (χ0) is 11.5. The van der Waals surface area contributed by atoms with E-state index in [4.69, 9.17) is 14.3 Å². The molecule has 0 saturated heterocycles. The highest BCUT2D eigenvalue weighted by Crippen LogP contribution is 2.18. The van der Waals surface area contributed by atoms with Crippen LogP contribution in [0.25, 0.3) is 11.0 Å². The second-order valence-electron chi connectivity index (χ2n) is 3.05. The van der Waals surface area contributed by atoms with Crippen molar-refractivity contribution >= 4 is 16.9 Å². The maximum absolute atomic E-state index is 10.9. The van der Waals surface area contributed by atoms with Crippen LogP contribution in [0.4, 0.5) is 0 Å². The third-order valence-corrected chi connectivity index (χ3v) is 1.87. The summed E-state index contributed by atoms with van der Waals surface area (Å²) in [5.74, 6) is -0.737. The van der Waals surface area contributed by atoms with Crippen LogP contribution in [-0.4, -0.2) is 17.7 Å². The minimum atomic E-state index is -1.07. The molecule has 0 aliphatic heterocycles. The van der Waals surface area contributed by atoms with E-state index in [1.54, 1.807) is 12.1 Å². The van der Waals surface area contributed by atoms with Gasteiger partial charge in [0, 0.05) is 23.6 Å². The van der Waals surface area contributed by atoms with Crippen molar-refractivity contribution < 1.29 is 19.1 Å². The number of carboxylic acid groups (broad SMARTS) is 1. The topological polar surface area (TPSA) is 76.7 Å². The normalized spacial score (nSPS) is 10.2. The van der Waals surface area contributed by atoms with Gasteiger partial charge >= 0.3 is 11.6 Å². The van der Waals surface area contributed by atoms with E-state index in [0.717, 1.165) is 0 Å². The second kappa shape index (κ2) is 4.06. The number of fused-ring (bicyclic) bond motifs is 1. The molecule has 0 bridgehead atoms. The highest BCUT2D eigenvalue weighted by molar-refractivity contribution is 5.77. The molecule has 5 nitrogen and oxygen atoms in total. The van der Waals surface area contributed by atoms with Crippen LogP contribution in [0.5, 0.6) is 5.75 Å². The lowest BCUT2D eigenvalue weighted by Gasteiger charge is -2.03. The molecule has 1 heterocycles. The molecule has 0 amide bonds. The summed E-state index contributed by atoms with van der Waals surface area (Å²) in [7, 11) is 0. The van der Waals surface area contributed by atoms with Gasteiger partial charge < -0.3 is 14.3 Å². The van der Waals surface area contributed by atoms with Crippen molar-refractivity contribution in [3.8, 4) is 5.75 Å². The molecule has 81 valence electrons. The summed E-state index contributed by atoms with van der Waals surface area (Å²) in [6.45, 7) is -0.438. The third-order valence-electron chi connectivity index (χ3n) is 1.87. The summed E-state index contributed by atoms with van der Waals surface area (Å²) in [5.41, 5.74) is -0.196. The second-order valence-corrected chi connectivity index (χ2v) is 3.05. The summed E-state index contributed by atoms with van der Waals surface area (Å²) in [5, 5.41) is 9.05. The Hall–Kier alpha value is -2.30. The van der Waals surface area contributed by atoms with Crippen LogP contribution in [0.2, 0.25) is 0 Å². The number of ether oxygens (including phenoxy) is 1. The SMILES string of the molecule is O=C(O)COc1ccc2[c]cc(=O)oc2c1. The van der Waals surface area contributed by atoms with Crippen molar-refractivity contribution in [2.24, 2.45) is 0 Å². The fourth-order valence-corrected chi connectivity index (χ4v) is 1.22. The fourth-order valence-electron chi connectivity index (χ4n) is 1.22. The molecule has 0 fully saturated rings. The highest BCUT2D eigenvalue weighted by Gasteiger charge is 2.02. The largest absolute Gasteiger partial charge is 0.482 e. The quantitative estimate of drug-likeness (QED) is 0.781. The van der Waals surface area contributed by atoms with Gasteiger partial charge in [0.15, 0.2) is 6.61 Å². The summed E-state index contributed by atoms with van der Waals surface area (Å²) < 4.78 is 9.83. The molecule has 1 radical (unpaired) electrons. The van der Waals surface area contributed by atoms with E-state index < -0.39 is 18.2 Å². The van der Waals surface area contributed by atoms with Crippen LogP contribution in [0.1, 0.15) is 0 Å². The Morgan fingerprint density at radius 3 is 3.06 bits per heavy atom. The van der Waals surface area contributed by atoms with Gasteiger partial charge in [0.1, 0.15) is 11.3 Å². The molecule has 2 rings (SSSR count). The Labute approximate surface area is 89.9 Å². The summed E-state index contributed by atoms with van der Waals surface area (Å²) in [4.78, 5) is 21.2. The lowest BCUT2D eigenvalue weighted by atomic mass is 10.2. The van der Waals surface area contributed by atoms with Crippen LogP contribution in [-0.2, 0) is 4.79 Å². The third kappa shape index (κ3) is 2.20. The number of rotatable bonds is 3. The zero-order valence-corrected chi connectivity index (χ0v) is 8.10. The van der Waals surface area contributed by atoms with Gasteiger partial charge in [-0.25, -0.2) is 9.59 Å². The van der Waals surface area contributed by atoms with Gasteiger partial charge in [0.25, 0.3) is 0 Å². The predicted octanol–water partition coefficient (Wildman–Crippen LogP) is 1.06. The molecule has 0 aliphatic carbocycles. The van der Waals surface area contributed by atoms with Crippen molar-refractivity contribution in [1.82, 2.24) is 0 Å². The molecule has 1 N–H and O–H groups in total. The first-order valence-electron chi connectivity index (χ1n) is 4.45. The fraction of sp³-hybridized carbons (Fsp3) is 0.0909. The highest BCUT2D eigenvalue weighted by atomic mass is 16.5. The van der Waals surface area contributed by atoms with E-state index in [9.17, 15) is 9.59 Å². The maximum Gasteiger partial charge on any atom is 0.341 e. The van der Waals surface area contributed by atoms with Crippen LogP contribution in [0, 0.1) is 6.07 Å². The van der Waals surface area contributed by atoms with E-state index in [2.05, 4.69) is 6.07 Å². The van der Waals surface area contributed by atoms with Crippen molar-refractivity contribution in [2.75, 3.05) is 6.61 Å². The minimum Gasteiger partial charge on any atom is -0.482 e. The number of carboxylic acids is 1. The van der Waals surface area contributed by atoms with Gasteiger partial charge in [0.2, 0.25) is 0 Å². The van der Waals surface area contributed by atoms with Crippen LogP contribution in [0.3, 0.4) is 0 Å². The van der Waals surface area contributed by atoms with Crippen molar-refractivity contribution in [1.29, 1.82) is 0 Å². The number of hydrogen-bond donors (Lipinski definition) is 1. The molecule has 2 aromatic rings. The monoisotopic (exact) mass is 219 g/mol. The minimum absolute atomic E-state index is 0.315. The molecule has 0 spiro atoms. The summed E-state index contributed by atoms with van der Waals surface area (Å²) in [6.07, 6.45) is 0. The first-order valence-corrected chi connectivity index (χ1v) is 4.45. The van der Waals surface area contributed by atoms with Gasteiger partial charge in [-0.05, 0) is 12.1 Å². The molecule has 0 atom stereocenters. The lowest BCUT2D eigenvalue weighted by molar-refractivity contribution is -0.139. The van der Waals surface area contributed by atoms with Gasteiger partial charge in [0.05, 0.1) is 0 Å². The van der Waals surface area contributed by atoms with Crippen LogP contribution < -0.4 is 10.4 Å². The molecular formula is C11H7O5. The van der Waals surface area contributed by atoms with E-state index in [-0.39, 0.29) is 0 Å². The van der Waals surface area contributed by atoms with E-state index in [1.807, 2.05) is 0 Å². The molecule has 0 unspecified atom stereocenters. The van der Waals surface area contributed by atoms with E-state index in [0.29, 0.717) is 16.7 Å². The number of benzene rings is 1. The van der Waals surface area contributed by atoms with Crippen molar-refractivity contribution in [3.05, 3.63) is 40.8 Å². The van der Waals surface area contributed by atoms with E-state index >= 15 is 0 Å². The van der Waals surface area contributed by atoms with Crippen molar-refractivity contribution in [2.45, 2.75) is 0 Å². The Balaban J connectivity index is 2.35. The Bertz CT molecular complexity index is 584. The van der Waals surface area contributed by atoms with Crippen molar-refractivity contribution in [3.63, 3.8) is 0 Å². The van der Waals surface area contributed by atoms with E-state index in [1.165, 1.54) is 12.1 Å². The Kier molecular flexibility index (Phi) is 2.59. The summed E-state index contributed by atoms with van der Waals surface area (Å²) in [6, 6.07) is 8.60. The molecule has 5 heteroatoms. The maximum atomic E-state index is 10.9. The average molecular weight is 219 g/mol. The number of carbonyl (C=O) groups is 1. The van der Waals surface area contributed by atoms with Crippen LogP contribution in [0.15, 0.2) is 33.5 Å². The molecule has 1 aromatic heterocycles. The lowest BCUT2D eigenvalue weighted by Crippen LogP contribution is -2.09. The smallest absolute Gasteiger partial charge is 0.341 e. The first kappa shape index (κ1) is 10.2. The van der Waals surface area contributed by atoms with Crippen LogP contribution >= 0.6 is 0 Å². The molecule has 16 heavy (non-hydrogen) atoms. The number of aliphatic carboxylic acids is 1. The van der Waals surface area contributed by atoms with Gasteiger partial charge in [-0.2, -0.15) is 0 Å². The van der Waals surface area contributed by atoms with Gasteiger partial charge in [-0.1, -0.05) is 0 Å². The number of hydrogen-bond acceptors (Lipinski definition) is 4. The molecular weight excluding hydrogens is 212 g/mol. The first-order chi connectivity index (χ1) is 7.65. The van der Waals surface area contributed by atoms with Gasteiger partial charge in [-0.3, -0.25) is 0 Å². The average Bonchev–Trinajstić information content (AvgIpc) is 2.25. The predicted molar refractivity (Wildman–Crippen MR) is 54.5 cm³/mol. The molecule has 0 aliphatic rings.